The molecule has 0 heterocycles. The van der Waals surface area contributed by atoms with Crippen molar-refractivity contribution in [2.45, 2.75) is 97.9 Å². The molecule has 1 rings (SSSR count). The van der Waals surface area contributed by atoms with E-state index in [-0.39, 0.29) is 23.8 Å². The normalized spacial score (nSPS) is 14.7. The summed E-state index contributed by atoms with van der Waals surface area (Å²) in [5.74, 6) is -0.874. The highest BCUT2D eigenvalue weighted by Crippen LogP contribution is 2.12. The third kappa shape index (κ3) is 10.5. The van der Waals surface area contributed by atoms with Crippen LogP contribution in [0, 0.1) is 11.8 Å². The van der Waals surface area contributed by atoms with E-state index >= 15 is 0 Å². The zero-order valence-electron chi connectivity index (χ0n) is 21.5. The van der Waals surface area contributed by atoms with Crippen LogP contribution in [0.25, 0.3) is 0 Å². The zero-order valence-corrected chi connectivity index (χ0v) is 21.5. The Morgan fingerprint density at radius 3 is 1.91 bits per heavy atom. The van der Waals surface area contributed by atoms with Crippen LogP contribution in [-0.2, 0) is 9.59 Å². The molecule has 34 heavy (non-hydrogen) atoms. The van der Waals surface area contributed by atoms with E-state index in [9.17, 15) is 19.5 Å². The molecule has 0 aliphatic heterocycles. The largest absolute Gasteiger partial charge is 0.413 e. The van der Waals surface area contributed by atoms with Crippen molar-refractivity contribution in [3.63, 3.8) is 0 Å². The maximum atomic E-state index is 13.0. The van der Waals surface area contributed by atoms with Gasteiger partial charge in [-0.2, -0.15) is 0 Å². The summed E-state index contributed by atoms with van der Waals surface area (Å²) in [7, 11) is 0. The van der Waals surface area contributed by atoms with E-state index in [0.717, 1.165) is 25.7 Å². The number of ether oxygens (including phenoxy) is 1. The molecule has 8 nitrogen and oxygen atoms in total. The van der Waals surface area contributed by atoms with Gasteiger partial charge >= 0.3 is 6.09 Å². The SMILES string of the molecule is CCCCCC[C@H](NC(=O)C(NC(=O)C(NC(=O)Oc1ccccc1)C(C)C)C(C)C)[C@H](C)O. The first-order valence-electron chi connectivity index (χ1n) is 12.4. The third-order valence-corrected chi connectivity index (χ3v) is 5.70. The van der Waals surface area contributed by atoms with Crippen molar-refractivity contribution >= 4 is 17.9 Å². The number of amides is 3. The van der Waals surface area contributed by atoms with Crippen LogP contribution >= 0.6 is 0 Å². The number of nitrogens with one attached hydrogen (secondary N) is 3. The predicted octanol–water partition coefficient (Wildman–Crippen LogP) is 3.78. The molecule has 8 heteroatoms. The molecule has 2 unspecified atom stereocenters. The molecular formula is C26H43N3O5. The molecule has 0 bridgehead atoms. The van der Waals surface area contributed by atoms with Crippen LogP contribution in [0.1, 0.15) is 73.6 Å². The van der Waals surface area contributed by atoms with Gasteiger partial charge in [-0.3, -0.25) is 9.59 Å². The average molecular weight is 478 g/mol. The summed E-state index contributed by atoms with van der Waals surface area (Å²) >= 11 is 0. The van der Waals surface area contributed by atoms with E-state index in [0.29, 0.717) is 12.2 Å². The molecule has 0 aliphatic carbocycles. The van der Waals surface area contributed by atoms with Crippen LogP contribution in [0.4, 0.5) is 4.79 Å². The lowest BCUT2D eigenvalue weighted by atomic mass is 9.98. The number of para-hydroxylation sites is 1. The number of carbonyl (C=O) groups is 3. The van der Waals surface area contributed by atoms with Crippen LogP contribution in [0.3, 0.4) is 0 Å². The molecule has 0 spiro atoms. The molecule has 0 aliphatic rings. The van der Waals surface area contributed by atoms with Crippen LogP contribution in [0.2, 0.25) is 0 Å². The van der Waals surface area contributed by atoms with Crippen LogP contribution in [0.5, 0.6) is 5.75 Å². The number of benzene rings is 1. The van der Waals surface area contributed by atoms with Gasteiger partial charge in [0, 0.05) is 0 Å². The standard InChI is InChI=1S/C26H43N3O5/c1-7-8-9-13-16-21(19(6)30)27-24(31)22(17(2)3)28-25(32)23(18(4)5)29-26(33)34-20-14-11-10-12-15-20/h10-12,14-15,17-19,21-23,30H,7-9,13,16H2,1-6H3,(H,27,31)(H,28,32)(H,29,33)/t19-,21-,22?,23?/m0/s1. The van der Waals surface area contributed by atoms with Gasteiger partial charge < -0.3 is 25.8 Å². The van der Waals surface area contributed by atoms with Crippen molar-refractivity contribution < 1.29 is 24.2 Å². The Morgan fingerprint density at radius 1 is 0.824 bits per heavy atom. The van der Waals surface area contributed by atoms with Crippen LogP contribution in [0.15, 0.2) is 30.3 Å². The summed E-state index contributed by atoms with van der Waals surface area (Å²) in [5.41, 5.74) is 0. The molecule has 0 saturated carbocycles. The molecule has 3 amide bonds. The summed E-state index contributed by atoms with van der Waals surface area (Å²) in [5, 5.41) is 18.4. The molecule has 0 radical (unpaired) electrons. The minimum Gasteiger partial charge on any atom is -0.410 e. The van der Waals surface area contributed by atoms with Gasteiger partial charge in [-0.1, -0.05) is 78.5 Å². The highest BCUT2D eigenvalue weighted by molar-refractivity contribution is 5.91. The zero-order chi connectivity index (χ0) is 25.7. The van der Waals surface area contributed by atoms with Gasteiger partial charge in [0.05, 0.1) is 12.1 Å². The fourth-order valence-corrected chi connectivity index (χ4v) is 3.56. The van der Waals surface area contributed by atoms with Crippen molar-refractivity contribution in [3.05, 3.63) is 30.3 Å². The van der Waals surface area contributed by atoms with Gasteiger partial charge in [-0.15, -0.1) is 0 Å². The maximum Gasteiger partial charge on any atom is 0.413 e. The Labute approximate surface area is 204 Å². The highest BCUT2D eigenvalue weighted by Gasteiger charge is 2.32. The number of rotatable bonds is 14. The summed E-state index contributed by atoms with van der Waals surface area (Å²) in [6.45, 7) is 11.1. The molecule has 1 aromatic carbocycles. The number of unbranched alkanes of at least 4 members (excludes halogenated alkanes) is 3. The number of aliphatic hydroxyl groups excluding tert-OH is 1. The predicted molar refractivity (Wildman–Crippen MR) is 133 cm³/mol. The Balaban J connectivity index is 2.80. The van der Waals surface area contributed by atoms with Crippen molar-refractivity contribution in [1.82, 2.24) is 16.0 Å². The molecule has 0 saturated heterocycles. The number of aliphatic hydroxyl groups is 1. The van der Waals surface area contributed by atoms with Gasteiger partial charge in [0.2, 0.25) is 11.8 Å². The first-order valence-corrected chi connectivity index (χ1v) is 12.4. The van der Waals surface area contributed by atoms with Crippen LogP contribution < -0.4 is 20.7 Å². The summed E-state index contributed by atoms with van der Waals surface area (Å²) < 4.78 is 5.24. The van der Waals surface area contributed by atoms with Gasteiger partial charge in [-0.05, 0) is 37.3 Å². The second kappa shape index (κ2) is 15.3. The molecule has 4 atom stereocenters. The summed E-state index contributed by atoms with van der Waals surface area (Å²) in [6, 6.07) is 6.50. The monoisotopic (exact) mass is 477 g/mol. The fourth-order valence-electron chi connectivity index (χ4n) is 3.56. The number of carbonyl (C=O) groups excluding carboxylic acids is 3. The summed E-state index contributed by atoms with van der Waals surface area (Å²) in [4.78, 5) is 38.4. The van der Waals surface area contributed by atoms with Gasteiger partial charge in [0.25, 0.3) is 0 Å². The second-order valence-electron chi connectivity index (χ2n) is 9.50. The smallest absolute Gasteiger partial charge is 0.410 e. The summed E-state index contributed by atoms with van der Waals surface area (Å²) in [6.07, 6.45) is 3.40. The Bertz CT molecular complexity index is 752. The van der Waals surface area contributed by atoms with Gasteiger partial charge in [0.15, 0.2) is 0 Å². The Hall–Kier alpha value is -2.61. The van der Waals surface area contributed by atoms with Crippen molar-refractivity contribution in [2.24, 2.45) is 11.8 Å². The topological polar surface area (TPSA) is 117 Å². The lowest BCUT2D eigenvalue weighted by Crippen LogP contribution is -2.58. The minimum absolute atomic E-state index is 0.192. The third-order valence-electron chi connectivity index (χ3n) is 5.70. The van der Waals surface area contributed by atoms with E-state index < -0.39 is 30.2 Å². The highest BCUT2D eigenvalue weighted by atomic mass is 16.6. The maximum absolute atomic E-state index is 13.0. The molecule has 0 aromatic heterocycles. The van der Waals surface area contributed by atoms with E-state index in [2.05, 4.69) is 22.9 Å². The minimum atomic E-state index is -0.883. The molecule has 192 valence electrons. The molecule has 4 N–H and O–H groups in total. The second-order valence-corrected chi connectivity index (χ2v) is 9.50. The average Bonchev–Trinajstić information content (AvgIpc) is 2.77. The van der Waals surface area contributed by atoms with Crippen molar-refractivity contribution in [3.8, 4) is 5.75 Å². The van der Waals surface area contributed by atoms with Crippen molar-refractivity contribution in [1.29, 1.82) is 0 Å². The quantitative estimate of drug-likeness (QED) is 0.304. The lowest BCUT2D eigenvalue weighted by molar-refractivity contribution is -0.132. The van der Waals surface area contributed by atoms with E-state index in [1.54, 1.807) is 51.1 Å². The first kappa shape index (κ1) is 29.4. The number of hydrogen-bond acceptors (Lipinski definition) is 5. The van der Waals surface area contributed by atoms with Gasteiger partial charge in [0.1, 0.15) is 17.8 Å². The van der Waals surface area contributed by atoms with E-state index in [4.69, 9.17) is 4.74 Å². The van der Waals surface area contributed by atoms with E-state index in [1.807, 2.05) is 13.8 Å². The fraction of sp³-hybridized carbons (Fsp3) is 0.654. The van der Waals surface area contributed by atoms with Crippen molar-refractivity contribution in [2.75, 3.05) is 0 Å². The van der Waals surface area contributed by atoms with E-state index in [1.165, 1.54) is 0 Å². The Kier molecular flexibility index (Phi) is 13.3. The van der Waals surface area contributed by atoms with Gasteiger partial charge in [-0.25, -0.2) is 4.79 Å². The number of hydrogen-bond donors (Lipinski definition) is 4. The first-order chi connectivity index (χ1) is 16.1. The Morgan fingerprint density at radius 2 is 1.38 bits per heavy atom. The van der Waals surface area contributed by atoms with Crippen LogP contribution in [-0.4, -0.2) is 47.2 Å². The molecular weight excluding hydrogens is 434 g/mol. The molecule has 0 fully saturated rings. The lowest BCUT2D eigenvalue weighted by Gasteiger charge is -2.29. The molecule has 1 aromatic rings.